The topological polar surface area (TPSA) is 73.6 Å². The lowest BCUT2D eigenvalue weighted by molar-refractivity contribution is -0.121. The molecule has 2 rings (SSSR count). The SMILES string of the molecule is COc1cccc(CNC(=O)CCC(C)N)c1OC1CCCC1. The van der Waals surface area contributed by atoms with Gasteiger partial charge in [-0.05, 0) is 45.1 Å². The maximum absolute atomic E-state index is 11.9. The minimum Gasteiger partial charge on any atom is -0.493 e. The first-order valence-corrected chi connectivity index (χ1v) is 8.45. The van der Waals surface area contributed by atoms with Crippen LogP contribution in [0.3, 0.4) is 0 Å². The molecule has 0 heterocycles. The molecule has 1 aliphatic carbocycles. The zero-order chi connectivity index (χ0) is 16.7. The van der Waals surface area contributed by atoms with Crippen LogP contribution >= 0.6 is 0 Å². The Bertz CT molecular complexity index is 511. The smallest absolute Gasteiger partial charge is 0.220 e. The number of carbonyl (C=O) groups is 1. The van der Waals surface area contributed by atoms with Gasteiger partial charge in [-0.15, -0.1) is 0 Å². The van der Waals surface area contributed by atoms with E-state index in [2.05, 4.69) is 5.32 Å². The third-order valence-electron chi connectivity index (χ3n) is 4.17. The first-order valence-electron chi connectivity index (χ1n) is 8.45. The van der Waals surface area contributed by atoms with E-state index in [1.807, 2.05) is 25.1 Å². The van der Waals surface area contributed by atoms with Crippen LogP contribution in [-0.2, 0) is 11.3 Å². The summed E-state index contributed by atoms with van der Waals surface area (Å²) in [5.74, 6) is 1.49. The lowest BCUT2D eigenvalue weighted by Gasteiger charge is -2.19. The molecular formula is C18H28N2O3. The van der Waals surface area contributed by atoms with Crippen molar-refractivity contribution in [2.24, 2.45) is 5.73 Å². The van der Waals surface area contributed by atoms with Gasteiger partial charge >= 0.3 is 0 Å². The summed E-state index contributed by atoms with van der Waals surface area (Å²) in [5.41, 5.74) is 6.63. The van der Waals surface area contributed by atoms with Gasteiger partial charge in [0.05, 0.1) is 13.2 Å². The van der Waals surface area contributed by atoms with Crippen LogP contribution in [0.5, 0.6) is 11.5 Å². The molecule has 0 aliphatic heterocycles. The van der Waals surface area contributed by atoms with Crippen LogP contribution in [0.1, 0.15) is 51.0 Å². The van der Waals surface area contributed by atoms with Crippen molar-refractivity contribution in [1.29, 1.82) is 0 Å². The van der Waals surface area contributed by atoms with Crippen LogP contribution in [0.2, 0.25) is 0 Å². The van der Waals surface area contributed by atoms with Gasteiger partial charge in [0.15, 0.2) is 11.5 Å². The van der Waals surface area contributed by atoms with E-state index in [9.17, 15) is 4.79 Å². The van der Waals surface area contributed by atoms with Crippen LogP contribution < -0.4 is 20.5 Å². The number of ether oxygens (including phenoxy) is 2. The maximum atomic E-state index is 11.9. The molecule has 128 valence electrons. The Kier molecular flexibility index (Phi) is 6.71. The molecule has 0 spiro atoms. The molecule has 1 aromatic carbocycles. The van der Waals surface area contributed by atoms with E-state index in [1.54, 1.807) is 7.11 Å². The van der Waals surface area contributed by atoms with E-state index in [0.717, 1.165) is 29.9 Å². The molecule has 1 unspecified atom stereocenters. The third-order valence-corrected chi connectivity index (χ3v) is 4.17. The lowest BCUT2D eigenvalue weighted by Crippen LogP contribution is -2.26. The van der Waals surface area contributed by atoms with E-state index >= 15 is 0 Å². The van der Waals surface area contributed by atoms with Gasteiger partial charge in [-0.1, -0.05) is 12.1 Å². The Morgan fingerprint density at radius 1 is 1.39 bits per heavy atom. The van der Waals surface area contributed by atoms with Crippen molar-refractivity contribution >= 4 is 5.91 Å². The number of rotatable bonds is 8. The summed E-state index contributed by atoms with van der Waals surface area (Å²) >= 11 is 0. The number of amides is 1. The molecule has 5 heteroatoms. The molecule has 1 fully saturated rings. The molecule has 0 aromatic heterocycles. The summed E-state index contributed by atoms with van der Waals surface area (Å²) in [6.07, 6.45) is 5.97. The van der Waals surface area contributed by atoms with Crippen LogP contribution in [0.25, 0.3) is 0 Å². The quantitative estimate of drug-likeness (QED) is 0.772. The normalized spacial score (nSPS) is 16.1. The highest BCUT2D eigenvalue weighted by molar-refractivity contribution is 5.76. The van der Waals surface area contributed by atoms with Crippen molar-refractivity contribution in [3.8, 4) is 11.5 Å². The molecule has 5 nitrogen and oxygen atoms in total. The monoisotopic (exact) mass is 320 g/mol. The third kappa shape index (κ3) is 5.43. The van der Waals surface area contributed by atoms with Crippen molar-refractivity contribution in [1.82, 2.24) is 5.32 Å². The standard InChI is InChI=1S/C18H28N2O3/c1-13(19)10-11-17(21)20-12-14-6-5-9-16(22-2)18(14)23-15-7-3-4-8-15/h5-6,9,13,15H,3-4,7-8,10-12,19H2,1-2H3,(H,20,21). The molecule has 1 amide bonds. The molecule has 0 saturated heterocycles. The average Bonchev–Trinajstić information content (AvgIpc) is 3.04. The van der Waals surface area contributed by atoms with E-state index in [-0.39, 0.29) is 18.1 Å². The first kappa shape index (κ1) is 17.6. The molecule has 1 atom stereocenters. The summed E-state index contributed by atoms with van der Waals surface area (Å²) in [6, 6.07) is 5.83. The van der Waals surface area contributed by atoms with Crippen molar-refractivity contribution in [2.75, 3.05) is 7.11 Å². The van der Waals surface area contributed by atoms with Crippen molar-refractivity contribution in [2.45, 2.75) is 64.1 Å². The number of benzene rings is 1. The maximum Gasteiger partial charge on any atom is 0.220 e. The number of methoxy groups -OCH3 is 1. The Hall–Kier alpha value is -1.75. The molecule has 1 aromatic rings. The van der Waals surface area contributed by atoms with Crippen molar-refractivity contribution in [3.63, 3.8) is 0 Å². The number of nitrogens with two attached hydrogens (primary N) is 1. The number of para-hydroxylation sites is 1. The van der Waals surface area contributed by atoms with Gasteiger partial charge in [-0.2, -0.15) is 0 Å². The molecule has 1 saturated carbocycles. The van der Waals surface area contributed by atoms with E-state index in [4.69, 9.17) is 15.2 Å². The van der Waals surface area contributed by atoms with Crippen molar-refractivity contribution < 1.29 is 14.3 Å². The second-order valence-corrected chi connectivity index (χ2v) is 6.27. The van der Waals surface area contributed by atoms with Gasteiger partial charge in [0.2, 0.25) is 5.91 Å². The lowest BCUT2D eigenvalue weighted by atomic mass is 10.1. The van der Waals surface area contributed by atoms with Crippen LogP contribution in [-0.4, -0.2) is 25.2 Å². The highest BCUT2D eigenvalue weighted by Gasteiger charge is 2.20. The number of nitrogens with one attached hydrogen (secondary N) is 1. The highest BCUT2D eigenvalue weighted by Crippen LogP contribution is 2.34. The Labute approximate surface area is 138 Å². The predicted molar refractivity (Wildman–Crippen MR) is 90.6 cm³/mol. The summed E-state index contributed by atoms with van der Waals surface area (Å²) < 4.78 is 11.6. The number of hydrogen-bond donors (Lipinski definition) is 2. The Morgan fingerprint density at radius 3 is 2.78 bits per heavy atom. The fourth-order valence-electron chi connectivity index (χ4n) is 2.81. The highest BCUT2D eigenvalue weighted by atomic mass is 16.5. The van der Waals surface area contributed by atoms with Gasteiger partial charge in [0.1, 0.15) is 0 Å². The average molecular weight is 320 g/mol. The molecule has 23 heavy (non-hydrogen) atoms. The zero-order valence-corrected chi connectivity index (χ0v) is 14.1. The van der Waals surface area contributed by atoms with Crippen LogP contribution in [0, 0.1) is 0 Å². The summed E-state index contributed by atoms with van der Waals surface area (Å²) in [6.45, 7) is 2.35. The summed E-state index contributed by atoms with van der Waals surface area (Å²) in [5, 5.41) is 2.94. The summed E-state index contributed by atoms with van der Waals surface area (Å²) in [7, 11) is 1.64. The second kappa shape index (κ2) is 8.77. The van der Waals surface area contributed by atoms with Crippen LogP contribution in [0.15, 0.2) is 18.2 Å². The van der Waals surface area contributed by atoms with E-state index in [1.165, 1.54) is 12.8 Å². The van der Waals surface area contributed by atoms with Gasteiger partial charge in [0.25, 0.3) is 0 Å². The van der Waals surface area contributed by atoms with Gasteiger partial charge in [-0.3, -0.25) is 4.79 Å². The minimum atomic E-state index is 0.0111. The largest absolute Gasteiger partial charge is 0.493 e. The van der Waals surface area contributed by atoms with Crippen LogP contribution in [0.4, 0.5) is 0 Å². The number of carbonyl (C=O) groups excluding carboxylic acids is 1. The first-order chi connectivity index (χ1) is 11.1. The van der Waals surface area contributed by atoms with Gasteiger partial charge in [0, 0.05) is 24.6 Å². The van der Waals surface area contributed by atoms with Crippen molar-refractivity contribution in [3.05, 3.63) is 23.8 Å². The Morgan fingerprint density at radius 2 is 2.13 bits per heavy atom. The van der Waals surface area contributed by atoms with Gasteiger partial charge < -0.3 is 20.5 Å². The molecule has 3 N–H and O–H groups in total. The van der Waals surface area contributed by atoms with E-state index < -0.39 is 0 Å². The molecule has 0 bridgehead atoms. The predicted octanol–water partition coefficient (Wildman–Crippen LogP) is 2.76. The molecule has 0 radical (unpaired) electrons. The molecular weight excluding hydrogens is 292 g/mol. The van der Waals surface area contributed by atoms with Gasteiger partial charge in [-0.25, -0.2) is 0 Å². The van der Waals surface area contributed by atoms with E-state index in [0.29, 0.717) is 19.4 Å². The minimum absolute atomic E-state index is 0.0111. The summed E-state index contributed by atoms with van der Waals surface area (Å²) in [4.78, 5) is 11.9. The Balaban J connectivity index is 2.00. The fraction of sp³-hybridized carbons (Fsp3) is 0.611. The second-order valence-electron chi connectivity index (χ2n) is 6.27. The number of hydrogen-bond acceptors (Lipinski definition) is 4. The molecule has 1 aliphatic rings. The fourth-order valence-corrected chi connectivity index (χ4v) is 2.81. The zero-order valence-electron chi connectivity index (χ0n) is 14.1.